The number of rotatable bonds is 2. The summed E-state index contributed by atoms with van der Waals surface area (Å²) in [6.07, 6.45) is 0. The molecule has 1 aromatic carbocycles. The lowest BCUT2D eigenvalue weighted by molar-refractivity contribution is 0.504. The Kier molecular flexibility index (Phi) is 3.55. The molecule has 0 radical (unpaired) electrons. The van der Waals surface area contributed by atoms with Gasteiger partial charge < -0.3 is 4.42 Å². The third-order valence-electron chi connectivity index (χ3n) is 2.67. The van der Waals surface area contributed by atoms with Gasteiger partial charge in [0.2, 0.25) is 0 Å². The van der Waals surface area contributed by atoms with Crippen molar-refractivity contribution in [3.05, 3.63) is 59.0 Å². The molecule has 0 saturated carbocycles. The van der Waals surface area contributed by atoms with Crippen molar-refractivity contribution in [2.75, 3.05) is 0 Å². The molecule has 0 unspecified atom stereocenters. The summed E-state index contributed by atoms with van der Waals surface area (Å²) in [7, 11) is 0. The first kappa shape index (κ1) is 12.5. The van der Waals surface area contributed by atoms with Crippen LogP contribution in [0, 0.1) is 25.2 Å². The van der Waals surface area contributed by atoms with Gasteiger partial charge in [0.25, 0.3) is 0 Å². The van der Waals surface area contributed by atoms with Gasteiger partial charge in [-0.15, -0.1) is 0 Å². The van der Waals surface area contributed by atoms with Crippen LogP contribution in [0.15, 0.2) is 40.8 Å². The number of hydrogen-bond donors (Lipinski definition) is 0. The van der Waals surface area contributed by atoms with Crippen molar-refractivity contribution in [3.8, 4) is 6.07 Å². The Morgan fingerprint density at radius 3 is 2.39 bits per heavy atom. The van der Waals surface area contributed by atoms with Crippen molar-refractivity contribution in [1.29, 1.82) is 5.26 Å². The summed E-state index contributed by atoms with van der Waals surface area (Å²) in [6, 6.07) is 13.4. The van der Waals surface area contributed by atoms with Crippen LogP contribution in [0.5, 0.6) is 0 Å². The summed E-state index contributed by atoms with van der Waals surface area (Å²) in [6.45, 7) is 3.69. The van der Waals surface area contributed by atoms with E-state index in [0.717, 1.165) is 22.6 Å². The molecular weight excluding hydrogens is 246 g/mol. The van der Waals surface area contributed by atoms with E-state index >= 15 is 0 Å². The van der Waals surface area contributed by atoms with Gasteiger partial charge in [-0.05, 0) is 25.5 Å². The fourth-order valence-electron chi connectivity index (χ4n) is 1.83. The summed E-state index contributed by atoms with van der Waals surface area (Å²) in [5, 5.41) is 9.71. The number of nitriles is 1. The summed E-state index contributed by atoms with van der Waals surface area (Å²) < 4.78 is 5.44. The highest BCUT2D eigenvalue weighted by atomic mass is 35.5. The van der Waals surface area contributed by atoms with Crippen LogP contribution in [-0.2, 0) is 0 Å². The molecule has 0 aliphatic rings. The molecule has 2 nitrogen and oxygen atoms in total. The Hall–Kier alpha value is -1.98. The van der Waals surface area contributed by atoms with Gasteiger partial charge in [-0.1, -0.05) is 41.9 Å². The third kappa shape index (κ3) is 2.32. The molecule has 0 bridgehead atoms. The minimum Gasteiger partial charge on any atom is -0.466 e. The van der Waals surface area contributed by atoms with Crippen molar-refractivity contribution in [3.63, 3.8) is 0 Å². The molecule has 0 fully saturated rings. The fraction of sp³-hybridized carbons (Fsp3) is 0.133. The van der Waals surface area contributed by atoms with Crippen molar-refractivity contribution in [1.82, 2.24) is 0 Å². The van der Waals surface area contributed by atoms with Crippen LogP contribution in [-0.4, -0.2) is 0 Å². The predicted molar refractivity (Wildman–Crippen MR) is 72.9 cm³/mol. The first-order valence-corrected chi connectivity index (χ1v) is 5.94. The molecular formula is C15H12ClNO. The lowest BCUT2D eigenvalue weighted by atomic mass is 10.0. The van der Waals surface area contributed by atoms with E-state index in [1.54, 1.807) is 0 Å². The van der Waals surface area contributed by atoms with Crippen LogP contribution in [0.25, 0.3) is 10.6 Å². The van der Waals surface area contributed by atoms with E-state index in [1.807, 2.05) is 50.2 Å². The molecule has 90 valence electrons. The topological polar surface area (TPSA) is 36.9 Å². The highest BCUT2D eigenvalue weighted by Gasteiger charge is 2.14. The Bertz CT molecular complexity index is 632. The maximum atomic E-state index is 9.29. The molecule has 2 rings (SSSR count). The molecule has 0 aliphatic heterocycles. The number of hydrogen-bond acceptors (Lipinski definition) is 2. The predicted octanol–water partition coefficient (Wildman–Crippen LogP) is 4.53. The molecule has 0 aliphatic carbocycles. The highest BCUT2D eigenvalue weighted by Crippen LogP contribution is 2.32. The van der Waals surface area contributed by atoms with E-state index in [9.17, 15) is 5.26 Å². The van der Waals surface area contributed by atoms with Gasteiger partial charge in [0, 0.05) is 5.56 Å². The van der Waals surface area contributed by atoms with Crippen molar-refractivity contribution < 1.29 is 4.42 Å². The van der Waals surface area contributed by atoms with E-state index in [4.69, 9.17) is 16.0 Å². The van der Waals surface area contributed by atoms with E-state index in [1.165, 1.54) is 0 Å². The zero-order valence-corrected chi connectivity index (χ0v) is 11.0. The van der Waals surface area contributed by atoms with E-state index in [2.05, 4.69) is 6.07 Å². The smallest absolute Gasteiger partial charge is 0.109 e. The number of allylic oxidation sites excluding steroid dienone is 1. The second-order valence-electron chi connectivity index (χ2n) is 3.99. The van der Waals surface area contributed by atoms with Gasteiger partial charge in [-0.25, -0.2) is 0 Å². The molecule has 0 N–H and O–H groups in total. The molecule has 1 aromatic heterocycles. The van der Waals surface area contributed by atoms with Crippen molar-refractivity contribution in [2.45, 2.75) is 13.8 Å². The Morgan fingerprint density at radius 1 is 1.22 bits per heavy atom. The standard InChI is InChI=1S/C15H12ClNO/c1-10-8-13(11(2)18-10)15(16)14(9-17)12-6-4-3-5-7-12/h3-8H,1-2H3. The summed E-state index contributed by atoms with van der Waals surface area (Å²) in [4.78, 5) is 0. The minimum absolute atomic E-state index is 0.429. The van der Waals surface area contributed by atoms with E-state index in [-0.39, 0.29) is 0 Å². The summed E-state index contributed by atoms with van der Waals surface area (Å²) in [5.41, 5.74) is 2.04. The van der Waals surface area contributed by atoms with Gasteiger partial charge in [-0.3, -0.25) is 0 Å². The average Bonchev–Trinajstić information content (AvgIpc) is 2.70. The first-order valence-electron chi connectivity index (χ1n) is 5.56. The number of aryl methyl sites for hydroxylation is 2. The molecule has 0 spiro atoms. The van der Waals surface area contributed by atoms with Crippen LogP contribution in [0.2, 0.25) is 0 Å². The zero-order chi connectivity index (χ0) is 13.1. The van der Waals surface area contributed by atoms with Crippen LogP contribution in [0.3, 0.4) is 0 Å². The monoisotopic (exact) mass is 257 g/mol. The summed E-state index contributed by atoms with van der Waals surface area (Å²) in [5.74, 6) is 1.51. The fourth-order valence-corrected chi connectivity index (χ4v) is 2.17. The molecule has 18 heavy (non-hydrogen) atoms. The summed E-state index contributed by atoms with van der Waals surface area (Å²) >= 11 is 6.32. The average molecular weight is 258 g/mol. The number of nitrogens with zero attached hydrogens (tertiary/aromatic N) is 1. The minimum atomic E-state index is 0.429. The second-order valence-corrected chi connectivity index (χ2v) is 4.37. The Balaban J connectivity index is 2.58. The van der Waals surface area contributed by atoms with Crippen molar-refractivity contribution >= 4 is 22.2 Å². The van der Waals surface area contributed by atoms with Gasteiger partial charge in [0.1, 0.15) is 17.6 Å². The molecule has 1 heterocycles. The lowest BCUT2D eigenvalue weighted by Gasteiger charge is -2.02. The Morgan fingerprint density at radius 2 is 1.89 bits per heavy atom. The van der Waals surface area contributed by atoms with Gasteiger partial charge in [0.05, 0.1) is 10.6 Å². The van der Waals surface area contributed by atoms with Gasteiger partial charge >= 0.3 is 0 Å². The molecule has 0 saturated heterocycles. The quantitative estimate of drug-likeness (QED) is 0.742. The highest BCUT2D eigenvalue weighted by molar-refractivity contribution is 6.53. The van der Waals surface area contributed by atoms with Crippen LogP contribution >= 0.6 is 11.6 Å². The maximum absolute atomic E-state index is 9.29. The van der Waals surface area contributed by atoms with E-state index < -0.39 is 0 Å². The lowest BCUT2D eigenvalue weighted by Crippen LogP contribution is -1.86. The van der Waals surface area contributed by atoms with E-state index in [0.29, 0.717) is 10.6 Å². The molecule has 0 atom stereocenters. The maximum Gasteiger partial charge on any atom is 0.109 e. The SMILES string of the molecule is Cc1cc(C(Cl)=C(C#N)c2ccccc2)c(C)o1. The first-order chi connectivity index (χ1) is 8.63. The number of furan rings is 1. The second kappa shape index (κ2) is 5.12. The van der Waals surface area contributed by atoms with Gasteiger partial charge in [0.15, 0.2) is 0 Å². The zero-order valence-electron chi connectivity index (χ0n) is 10.2. The van der Waals surface area contributed by atoms with Crippen LogP contribution in [0.4, 0.5) is 0 Å². The Labute approximate surface area is 111 Å². The molecule has 0 amide bonds. The molecule has 2 aromatic rings. The third-order valence-corrected chi connectivity index (χ3v) is 3.06. The normalized spacial score (nSPS) is 11.9. The van der Waals surface area contributed by atoms with Crippen LogP contribution < -0.4 is 0 Å². The largest absolute Gasteiger partial charge is 0.466 e. The van der Waals surface area contributed by atoms with Crippen molar-refractivity contribution in [2.24, 2.45) is 0 Å². The van der Waals surface area contributed by atoms with Crippen LogP contribution in [0.1, 0.15) is 22.6 Å². The van der Waals surface area contributed by atoms with Gasteiger partial charge in [-0.2, -0.15) is 5.26 Å². The number of benzene rings is 1. The molecule has 3 heteroatoms. The number of halogens is 1.